The van der Waals surface area contributed by atoms with E-state index in [0.717, 1.165) is 12.8 Å². The third-order valence-corrected chi connectivity index (χ3v) is 3.86. The van der Waals surface area contributed by atoms with Gasteiger partial charge in [-0.05, 0) is 25.0 Å². The summed E-state index contributed by atoms with van der Waals surface area (Å²) in [6.07, 6.45) is 2.25. The van der Waals surface area contributed by atoms with Gasteiger partial charge in [-0.15, -0.1) is 0 Å². The predicted octanol–water partition coefficient (Wildman–Crippen LogP) is 1.65. The molecule has 1 aromatic carbocycles. The van der Waals surface area contributed by atoms with E-state index in [1.807, 2.05) is 0 Å². The van der Waals surface area contributed by atoms with Gasteiger partial charge in [0.25, 0.3) is 0 Å². The molecule has 1 saturated carbocycles. The van der Waals surface area contributed by atoms with Crippen LogP contribution in [0.2, 0.25) is 0 Å². The van der Waals surface area contributed by atoms with Crippen LogP contribution in [-0.2, 0) is 4.79 Å². The van der Waals surface area contributed by atoms with Crippen molar-refractivity contribution in [2.75, 3.05) is 14.2 Å². The summed E-state index contributed by atoms with van der Waals surface area (Å²) in [4.78, 5) is 24.4. The number of amides is 1. The second-order valence-corrected chi connectivity index (χ2v) is 5.23. The van der Waals surface area contributed by atoms with Crippen LogP contribution in [0.3, 0.4) is 0 Å². The lowest BCUT2D eigenvalue weighted by Gasteiger charge is -2.16. The molecule has 1 fully saturated rings. The van der Waals surface area contributed by atoms with Crippen molar-refractivity contribution in [1.29, 1.82) is 0 Å². The number of fused-ring (bicyclic) bond motifs is 1. The zero-order valence-corrected chi connectivity index (χ0v) is 11.6. The van der Waals surface area contributed by atoms with Gasteiger partial charge in [0.1, 0.15) is 0 Å². The fourth-order valence-corrected chi connectivity index (χ4v) is 2.69. The summed E-state index contributed by atoms with van der Waals surface area (Å²) in [7, 11) is 3.07. The van der Waals surface area contributed by atoms with Gasteiger partial charge in [-0.25, -0.2) is 0 Å². The van der Waals surface area contributed by atoms with Crippen LogP contribution >= 0.6 is 0 Å². The molecule has 2 aliphatic carbocycles. The van der Waals surface area contributed by atoms with Crippen molar-refractivity contribution in [2.45, 2.75) is 31.2 Å². The van der Waals surface area contributed by atoms with E-state index in [0.29, 0.717) is 22.6 Å². The quantitative estimate of drug-likeness (QED) is 0.907. The highest BCUT2D eigenvalue weighted by atomic mass is 16.5. The molecule has 106 valence electrons. The van der Waals surface area contributed by atoms with Crippen LogP contribution in [0.1, 0.15) is 41.1 Å². The van der Waals surface area contributed by atoms with E-state index in [2.05, 4.69) is 5.32 Å². The Balaban J connectivity index is 2.01. The van der Waals surface area contributed by atoms with E-state index >= 15 is 0 Å². The number of carbonyl (C=O) groups is 2. The Hall–Kier alpha value is -2.04. The standard InChI is InChI=1S/C15H17NO4/c1-19-12-6-5-9-11(17)7-10(13(9)14(12)20-2)15(18)16-8-3-4-8/h5-6,8,10H,3-4,7H2,1-2H3,(H,16,18). The fraction of sp³-hybridized carbons (Fsp3) is 0.467. The molecule has 0 aliphatic heterocycles. The Morgan fingerprint density at radius 1 is 1.25 bits per heavy atom. The van der Waals surface area contributed by atoms with Gasteiger partial charge in [-0.2, -0.15) is 0 Å². The van der Waals surface area contributed by atoms with Gasteiger partial charge in [0.05, 0.1) is 20.1 Å². The molecule has 1 amide bonds. The maximum Gasteiger partial charge on any atom is 0.228 e. The topological polar surface area (TPSA) is 64.6 Å². The van der Waals surface area contributed by atoms with Gasteiger partial charge in [-0.3, -0.25) is 9.59 Å². The number of hydrogen-bond donors (Lipinski definition) is 1. The first-order valence-electron chi connectivity index (χ1n) is 6.74. The van der Waals surface area contributed by atoms with Gasteiger partial charge in [0, 0.05) is 23.6 Å². The molecule has 1 unspecified atom stereocenters. The van der Waals surface area contributed by atoms with Crippen LogP contribution in [0.15, 0.2) is 12.1 Å². The smallest absolute Gasteiger partial charge is 0.228 e. The molecule has 3 rings (SSSR count). The van der Waals surface area contributed by atoms with Crippen molar-refractivity contribution in [3.05, 3.63) is 23.3 Å². The minimum Gasteiger partial charge on any atom is -0.493 e. The van der Waals surface area contributed by atoms with E-state index in [1.165, 1.54) is 7.11 Å². The van der Waals surface area contributed by atoms with Crippen molar-refractivity contribution >= 4 is 11.7 Å². The Morgan fingerprint density at radius 2 is 2.00 bits per heavy atom. The molecule has 1 atom stereocenters. The molecule has 0 aromatic heterocycles. The minimum absolute atomic E-state index is 0.0168. The van der Waals surface area contributed by atoms with E-state index in [-0.39, 0.29) is 24.2 Å². The second-order valence-electron chi connectivity index (χ2n) is 5.23. The van der Waals surface area contributed by atoms with Crippen LogP contribution in [0, 0.1) is 0 Å². The van der Waals surface area contributed by atoms with E-state index in [1.54, 1.807) is 19.2 Å². The Labute approximate surface area is 117 Å². The number of hydrogen-bond acceptors (Lipinski definition) is 4. The van der Waals surface area contributed by atoms with Gasteiger partial charge in [-0.1, -0.05) is 0 Å². The lowest BCUT2D eigenvalue weighted by Crippen LogP contribution is -2.30. The third-order valence-electron chi connectivity index (χ3n) is 3.86. The highest BCUT2D eigenvalue weighted by Crippen LogP contribution is 2.44. The number of ether oxygens (including phenoxy) is 2. The highest BCUT2D eigenvalue weighted by Gasteiger charge is 2.39. The van der Waals surface area contributed by atoms with Gasteiger partial charge < -0.3 is 14.8 Å². The number of methoxy groups -OCH3 is 2. The van der Waals surface area contributed by atoms with Crippen LogP contribution in [0.25, 0.3) is 0 Å². The van der Waals surface area contributed by atoms with Gasteiger partial charge >= 0.3 is 0 Å². The molecule has 1 aromatic rings. The molecule has 0 spiro atoms. The molecule has 0 bridgehead atoms. The molecule has 2 aliphatic rings. The SMILES string of the molecule is COc1ccc2c(c1OC)C(C(=O)NC1CC1)CC2=O. The summed E-state index contributed by atoms with van der Waals surface area (Å²) in [6.45, 7) is 0. The first-order chi connectivity index (χ1) is 9.65. The van der Waals surface area contributed by atoms with Crippen LogP contribution in [-0.4, -0.2) is 32.0 Å². The number of rotatable bonds is 4. The molecule has 1 N–H and O–H groups in total. The lowest BCUT2D eigenvalue weighted by molar-refractivity contribution is -0.122. The average Bonchev–Trinajstić information content (AvgIpc) is 3.20. The molecule has 0 heterocycles. The molecule has 0 radical (unpaired) electrons. The van der Waals surface area contributed by atoms with Crippen LogP contribution < -0.4 is 14.8 Å². The van der Waals surface area contributed by atoms with Crippen LogP contribution in [0.5, 0.6) is 11.5 Å². The minimum atomic E-state index is -0.469. The average molecular weight is 275 g/mol. The first kappa shape index (κ1) is 13.0. The zero-order chi connectivity index (χ0) is 14.3. The third kappa shape index (κ3) is 2.03. The fourth-order valence-electron chi connectivity index (χ4n) is 2.69. The number of ketones is 1. The van der Waals surface area contributed by atoms with Crippen molar-refractivity contribution < 1.29 is 19.1 Å². The van der Waals surface area contributed by atoms with E-state index < -0.39 is 5.92 Å². The molecule has 5 nitrogen and oxygen atoms in total. The molecule has 0 saturated heterocycles. The maximum absolute atomic E-state index is 12.3. The van der Waals surface area contributed by atoms with Crippen LogP contribution in [0.4, 0.5) is 0 Å². The highest BCUT2D eigenvalue weighted by molar-refractivity contribution is 6.08. The number of nitrogens with one attached hydrogen (secondary N) is 1. The van der Waals surface area contributed by atoms with Crippen molar-refractivity contribution in [3.63, 3.8) is 0 Å². The summed E-state index contributed by atoms with van der Waals surface area (Å²) in [5.74, 6) is 0.461. The zero-order valence-electron chi connectivity index (χ0n) is 11.6. The number of carbonyl (C=O) groups excluding carboxylic acids is 2. The maximum atomic E-state index is 12.3. The van der Waals surface area contributed by atoms with E-state index in [4.69, 9.17) is 9.47 Å². The second kappa shape index (κ2) is 4.81. The largest absolute Gasteiger partial charge is 0.493 e. The Bertz CT molecular complexity index is 577. The summed E-state index contributed by atoms with van der Waals surface area (Å²) in [6, 6.07) is 3.69. The molecule has 20 heavy (non-hydrogen) atoms. The molecular formula is C15H17NO4. The summed E-state index contributed by atoms with van der Waals surface area (Å²) in [5.41, 5.74) is 1.23. The summed E-state index contributed by atoms with van der Waals surface area (Å²) >= 11 is 0. The Kier molecular flexibility index (Phi) is 3.12. The Morgan fingerprint density at radius 3 is 2.60 bits per heavy atom. The summed E-state index contributed by atoms with van der Waals surface area (Å²) < 4.78 is 10.6. The van der Waals surface area contributed by atoms with E-state index in [9.17, 15) is 9.59 Å². The van der Waals surface area contributed by atoms with Crippen molar-refractivity contribution in [3.8, 4) is 11.5 Å². The van der Waals surface area contributed by atoms with Gasteiger partial charge in [0.2, 0.25) is 5.91 Å². The molecular weight excluding hydrogens is 258 g/mol. The molecule has 5 heteroatoms. The van der Waals surface area contributed by atoms with Crippen molar-refractivity contribution in [1.82, 2.24) is 5.32 Å². The van der Waals surface area contributed by atoms with Crippen molar-refractivity contribution in [2.24, 2.45) is 0 Å². The van der Waals surface area contributed by atoms with Gasteiger partial charge in [0.15, 0.2) is 17.3 Å². The normalized spacial score (nSPS) is 20.5. The lowest BCUT2D eigenvalue weighted by atomic mass is 9.98. The predicted molar refractivity (Wildman–Crippen MR) is 72.4 cm³/mol. The number of Topliss-reactive ketones (excluding diaryl/α,β-unsaturated/α-hetero) is 1. The monoisotopic (exact) mass is 275 g/mol. The number of benzene rings is 1. The summed E-state index contributed by atoms with van der Waals surface area (Å²) in [5, 5.41) is 2.96. The first-order valence-corrected chi connectivity index (χ1v) is 6.74.